The van der Waals surface area contributed by atoms with Gasteiger partial charge in [0.2, 0.25) is 0 Å². The van der Waals surface area contributed by atoms with Crippen LogP contribution in [0.1, 0.15) is 18.4 Å². The second-order valence-electron chi connectivity index (χ2n) is 5.70. The van der Waals surface area contributed by atoms with Crippen LogP contribution < -0.4 is 5.32 Å². The van der Waals surface area contributed by atoms with Crippen molar-refractivity contribution in [2.45, 2.75) is 25.4 Å². The highest BCUT2D eigenvalue weighted by atomic mass is 19.2. The van der Waals surface area contributed by atoms with Gasteiger partial charge in [0.25, 0.3) is 0 Å². The highest BCUT2D eigenvalue weighted by Gasteiger charge is 2.20. The molecule has 0 radical (unpaired) electrons. The molecule has 0 amide bonds. The Kier molecular flexibility index (Phi) is 4.63. The van der Waals surface area contributed by atoms with Crippen LogP contribution in [0.3, 0.4) is 0 Å². The number of hydrogen-bond donors (Lipinski definition) is 1. The summed E-state index contributed by atoms with van der Waals surface area (Å²) in [5.41, 5.74) is 1.87. The minimum absolute atomic E-state index is 0.250. The number of piperidine rings is 1. The summed E-state index contributed by atoms with van der Waals surface area (Å²) in [6, 6.07) is 8.26. The van der Waals surface area contributed by atoms with Crippen LogP contribution in [0.15, 0.2) is 42.7 Å². The van der Waals surface area contributed by atoms with Crippen molar-refractivity contribution in [1.82, 2.24) is 9.88 Å². The number of benzene rings is 1. The Hall–Kier alpha value is -2.01. The normalized spacial score (nSPS) is 19.1. The van der Waals surface area contributed by atoms with Crippen molar-refractivity contribution in [3.05, 3.63) is 59.9 Å². The fourth-order valence-electron chi connectivity index (χ4n) is 2.88. The SMILES string of the molecule is Fc1ccc(N[C@H]2CCCN(Cc3ccncc3)C2)cc1F. The number of hydrogen-bond acceptors (Lipinski definition) is 3. The molecule has 0 saturated carbocycles. The summed E-state index contributed by atoms with van der Waals surface area (Å²) in [6.45, 7) is 2.83. The van der Waals surface area contributed by atoms with Crippen LogP contribution in [0.5, 0.6) is 0 Å². The monoisotopic (exact) mass is 303 g/mol. The van der Waals surface area contributed by atoms with E-state index < -0.39 is 11.6 Å². The fraction of sp³-hybridized carbons (Fsp3) is 0.353. The average molecular weight is 303 g/mol. The Morgan fingerprint density at radius 3 is 2.73 bits per heavy atom. The lowest BCUT2D eigenvalue weighted by Crippen LogP contribution is -2.41. The topological polar surface area (TPSA) is 28.2 Å². The molecular weight excluding hydrogens is 284 g/mol. The van der Waals surface area contributed by atoms with Crippen LogP contribution in [-0.4, -0.2) is 29.0 Å². The molecule has 2 heterocycles. The second-order valence-corrected chi connectivity index (χ2v) is 5.70. The standard InChI is InChI=1S/C17H19F2N3/c18-16-4-3-14(10-17(16)19)21-15-2-1-9-22(12-15)11-13-5-7-20-8-6-13/h3-8,10,15,21H,1-2,9,11-12H2/t15-/m0/s1. The molecule has 1 aliphatic heterocycles. The number of pyridine rings is 1. The first-order valence-electron chi connectivity index (χ1n) is 7.53. The van der Waals surface area contributed by atoms with E-state index >= 15 is 0 Å². The van der Waals surface area contributed by atoms with Gasteiger partial charge in [-0.25, -0.2) is 8.78 Å². The number of halogens is 2. The maximum absolute atomic E-state index is 13.3. The molecule has 0 spiro atoms. The van der Waals surface area contributed by atoms with Gasteiger partial charge < -0.3 is 5.32 Å². The fourth-order valence-corrected chi connectivity index (χ4v) is 2.88. The summed E-state index contributed by atoms with van der Waals surface area (Å²) < 4.78 is 26.2. The molecular formula is C17H19F2N3. The molecule has 1 atom stereocenters. The minimum Gasteiger partial charge on any atom is -0.381 e. The molecule has 5 heteroatoms. The first-order valence-corrected chi connectivity index (χ1v) is 7.53. The van der Waals surface area contributed by atoms with Crippen LogP contribution in [0.2, 0.25) is 0 Å². The molecule has 22 heavy (non-hydrogen) atoms. The molecule has 1 saturated heterocycles. The minimum atomic E-state index is -0.812. The highest BCUT2D eigenvalue weighted by Crippen LogP contribution is 2.19. The van der Waals surface area contributed by atoms with Gasteiger partial charge in [0, 0.05) is 43.3 Å². The molecule has 1 N–H and O–H groups in total. The zero-order chi connectivity index (χ0) is 15.4. The zero-order valence-corrected chi connectivity index (χ0v) is 12.3. The predicted molar refractivity (Wildman–Crippen MR) is 82.5 cm³/mol. The van der Waals surface area contributed by atoms with Gasteiger partial charge in [0.1, 0.15) is 0 Å². The summed E-state index contributed by atoms with van der Waals surface area (Å²) in [5.74, 6) is -1.62. The molecule has 1 aliphatic rings. The van der Waals surface area contributed by atoms with Crippen LogP contribution in [0.25, 0.3) is 0 Å². The van der Waals surface area contributed by atoms with Crippen LogP contribution in [0, 0.1) is 11.6 Å². The number of likely N-dealkylation sites (tertiary alicyclic amines) is 1. The third kappa shape index (κ3) is 3.80. The maximum Gasteiger partial charge on any atom is 0.160 e. The zero-order valence-electron chi connectivity index (χ0n) is 12.3. The maximum atomic E-state index is 13.3. The van der Waals surface area contributed by atoms with Gasteiger partial charge in [0.15, 0.2) is 11.6 Å². The van der Waals surface area contributed by atoms with Crippen LogP contribution in [0.4, 0.5) is 14.5 Å². The molecule has 1 fully saturated rings. The Morgan fingerprint density at radius 2 is 1.95 bits per heavy atom. The van der Waals surface area contributed by atoms with E-state index in [9.17, 15) is 8.78 Å². The largest absolute Gasteiger partial charge is 0.381 e. The summed E-state index contributed by atoms with van der Waals surface area (Å²) in [4.78, 5) is 6.40. The molecule has 1 aromatic heterocycles. The van der Waals surface area contributed by atoms with Crippen molar-refractivity contribution in [2.75, 3.05) is 18.4 Å². The van der Waals surface area contributed by atoms with Crippen LogP contribution >= 0.6 is 0 Å². The molecule has 0 unspecified atom stereocenters. The van der Waals surface area contributed by atoms with Crippen molar-refractivity contribution in [3.63, 3.8) is 0 Å². The van der Waals surface area contributed by atoms with Gasteiger partial charge in [-0.2, -0.15) is 0 Å². The lowest BCUT2D eigenvalue weighted by atomic mass is 10.0. The van der Waals surface area contributed by atoms with E-state index in [4.69, 9.17) is 0 Å². The van der Waals surface area contributed by atoms with Crippen molar-refractivity contribution < 1.29 is 8.78 Å². The first kappa shape index (κ1) is 14.9. The second kappa shape index (κ2) is 6.83. The third-order valence-electron chi connectivity index (χ3n) is 3.95. The number of nitrogens with one attached hydrogen (secondary N) is 1. The van der Waals surface area contributed by atoms with Crippen molar-refractivity contribution >= 4 is 5.69 Å². The summed E-state index contributed by atoms with van der Waals surface area (Å²) in [7, 11) is 0. The van der Waals surface area contributed by atoms with E-state index in [1.165, 1.54) is 11.6 Å². The third-order valence-corrected chi connectivity index (χ3v) is 3.95. The van der Waals surface area contributed by atoms with Gasteiger partial charge in [-0.05, 0) is 49.2 Å². The van der Waals surface area contributed by atoms with Crippen molar-refractivity contribution in [2.24, 2.45) is 0 Å². The lowest BCUT2D eigenvalue weighted by molar-refractivity contribution is 0.208. The Morgan fingerprint density at radius 1 is 1.14 bits per heavy atom. The van der Waals surface area contributed by atoms with Gasteiger partial charge in [0.05, 0.1) is 0 Å². The number of nitrogens with zero attached hydrogens (tertiary/aromatic N) is 2. The molecule has 1 aromatic carbocycles. The molecule has 0 bridgehead atoms. The molecule has 2 aromatic rings. The molecule has 3 nitrogen and oxygen atoms in total. The summed E-state index contributed by atoms with van der Waals surface area (Å²) in [6.07, 6.45) is 5.73. The van der Waals surface area contributed by atoms with Gasteiger partial charge >= 0.3 is 0 Å². The Labute approximate surface area is 129 Å². The van der Waals surface area contributed by atoms with Gasteiger partial charge in [-0.3, -0.25) is 9.88 Å². The van der Waals surface area contributed by atoms with E-state index in [2.05, 4.69) is 15.2 Å². The van der Waals surface area contributed by atoms with E-state index in [1.54, 1.807) is 18.5 Å². The van der Waals surface area contributed by atoms with Crippen LogP contribution in [-0.2, 0) is 6.54 Å². The molecule has 3 rings (SSSR count). The number of anilines is 1. The Bertz CT molecular complexity index is 619. The highest BCUT2D eigenvalue weighted by molar-refractivity contribution is 5.44. The van der Waals surface area contributed by atoms with Gasteiger partial charge in [-0.1, -0.05) is 0 Å². The Balaban J connectivity index is 1.59. The van der Waals surface area contributed by atoms with Crippen molar-refractivity contribution in [3.8, 4) is 0 Å². The first-order chi connectivity index (χ1) is 10.7. The van der Waals surface area contributed by atoms with E-state index in [-0.39, 0.29) is 6.04 Å². The smallest absolute Gasteiger partial charge is 0.160 e. The van der Waals surface area contributed by atoms with Crippen molar-refractivity contribution in [1.29, 1.82) is 0 Å². The average Bonchev–Trinajstić information content (AvgIpc) is 2.52. The molecule has 0 aliphatic carbocycles. The van der Waals surface area contributed by atoms with E-state index in [0.29, 0.717) is 5.69 Å². The van der Waals surface area contributed by atoms with Gasteiger partial charge in [-0.15, -0.1) is 0 Å². The summed E-state index contributed by atoms with van der Waals surface area (Å²) in [5, 5.41) is 3.30. The summed E-state index contributed by atoms with van der Waals surface area (Å²) >= 11 is 0. The molecule has 116 valence electrons. The predicted octanol–water partition coefficient (Wildman–Crippen LogP) is 3.44. The number of rotatable bonds is 4. The van der Waals surface area contributed by atoms with E-state index in [0.717, 1.165) is 38.5 Å². The quantitative estimate of drug-likeness (QED) is 0.938. The number of aromatic nitrogens is 1. The van der Waals surface area contributed by atoms with E-state index in [1.807, 2.05) is 12.1 Å². The lowest BCUT2D eigenvalue weighted by Gasteiger charge is -2.33.